The van der Waals surface area contributed by atoms with Crippen LogP contribution in [0.3, 0.4) is 0 Å². The molecule has 0 aromatic carbocycles. The smallest absolute Gasteiger partial charge is 0.303 e. The van der Waals surface area contributed by atoms with Crippen molar-refractivity contribution in [3.8, 4) is 0 Å². The predicted molar refractivity (Wildman–Crippen MR) is 81.5 cm³/mol. The summed E-state index contributed by atoms with van der Waals surface area (Å²) in [5.74, 6) is 0.155. The number of anilines is 1. The Morgan fingerprint density at radius 2 is 2.20 bits per heavy atom. The first-order chi connectivity index (χ1) is 9.50. The van der Waals surface area contributed by atoms with Gasteiger partial charge in [0.05, 0.1) is 10.2 Å². The molecule has 20 heavy (non-hydrogen) atoms. The molecule has 0 fully saturated rings. The second kappa shape index (κ2) is 6.17. The number of nitrogens with zero attached hydrogens (tertiary/aromatic N) is 3. The number of aliphatic carboxylic acids is 1. The maximum absolute atomic E-state index is 10.7. The molecule has 0 radical (unpaired) electrons. The zero-order valence-corrected chi connectivity index (χ0v) is 12.8. The van der Waals surface area contributed by atoms with Gasteiger partial charge in [-0.05, 0) is 38.1 Å². The van der Waals surface area contributed by atoms with Crippen LogP contribution in [0, 0.1) is 6.92 Å². The standard InChI is InChI=1S/C14H19N3O2S/c1-9(2)17(6-4-5-11(18)19)14-13-12(15-8-16-14)10(3)7-20-13/h7-9H,4-6H2,1-3H3,(H,18,19). The van der Waals surface area contributed by atoms with Crippen molar-refractivity contribution in [2.45, 2.75) is 39.7 Å². The Bertz CT molecular complexity index is 609. The van der Waals surface area contributed by atoms with E-state index in [4.69, 9.17) is 5.11 Å². The molecule has 2 heterocycles. The molecule has 0 atom stereocenters. The highest BCUT2D eigenvalue weighted by atomic mass is 32.1. The summed E-state index contributed by atoms with van der Waals surface area (Å²) in [6.07, 6.45) is 2.38. The van der Waals surface area contributed by atoms with Gasteiger partial charge < -0.3 is 10.0 Å². The van der Waals surface area contributed by atoms with Crippen molar-refractivity contribution in [3.63, 3.8) is 0 Å². The van der Waals surface area contributed by atoms with Gasteiger partial charge in [-0.3, -0.25) is 4.79 Å². The van der Waals surface area contributed by atoms with E-state index >= 15 is 0 Å². The molecule has 1 N–H and O–H groups in total. The van der Waals surface area contributed by atoms with Gasteiger partial charge in [-0.1, -0.05) is 0 Å². The molecule has 0 unspecified atom stereocenters. The molecule has 0 aliphatic heterocycles. The maximum Gasteiger partial charge on any atom is 0.303 e. The fourth-order valence-electron chi connectivity index (χ4n) is 2.17. The third kappa shape index (κ3) is 3.07. The first-order valence-corrected chi connectivity index (χ1v) is 7.56. The number of carboxylic acids is 1. The average molecular weight is 293 g/mol. The van der Waals surface area contributed by atoms with E-state index in [0.717, 1.165) is 21.6 Å². The van der Waals surface area contributed by atoms with Gasteiger partial charge in [0, 0.05) is 19.0 Å². The number of aromatic nitrogens is 2. The lowest BCUT2D eigenvalue weighted by Crippen LogP contribution is -2.32. The summed E-state index contributed by atoms with van der Waals surface area (Å²) in [7, 11) is 0. The Morgan fingerprint density at radius 3 is 2.85 bits per heavy atom. The van der Waals surface area contributed by atoms with Gasteiger partial charge >= 0.3 is 5.97 Å². The van der Waals surface area contributed by atoms with E-state index < -0.39 is 5.97 Å². The molecular weight excluding hydrogens is 274 g/mol. The van der Waals surface area contributed by atoms with Crippen LogP contribution in [-0.4, -0.2) is 33.6 Å². The summed E-state index contributed by atoms with van der Waals surface area (Å²) in [4.78, 5) is 21.6. The number of rotatable bonds is 6. The van der Waals surface area contributed by atoms with Crippen LogP contribution in [-0.2, 0) is 4.79 Å². The minimum Gasteiger partial charge on any atom is -0.481 e. The van der Waals surface area contributed by atoms with Crippen LogP contribution in [0.2, 0.25) is 0 Å². The van der Waals surface area contributed by atoms with E-state index in [0.29, 0.717) is 13.0 Å². The molecule has 2 rings (SSSR count). The molecule has 108 valence electrons. The maximum atomic E-state index is 10.7. The second-order valence-corrected chi connectivity index (χ2v) is 5.96. The molecule has 0 bridgehead atoms. The van der Waals surface area contributed by atoms with Crippen LogP contribution in [0.4, 0.5) is 5.82 Å². The predicted octanol–water partition coefficient (Wildman–Crippen LogP) is 3.08. The highest BCUT2D eigenvalue weighted by Gasteiger charge is 2.17. The third-order valence-electron chi connectivity index (χ3n) is 3.20. The lowest BCUT2D eigenvalue weighted by atomic mass is 10.2. The van der Waals surface area contributed by atoms with Crippen LogP contribution in [0.15, 0.2) is 11.7 Å². The van der Waals surface area contributed by atoms with E-state index in [1.54, 1.807) is 17.7 Å². The fraction of sp³-hybridized carbons (Fsp3) is 0.500. The van der Waals surface area contributed by atoms with Gasteiger partial charge in [0.2, 0.25) is 0 Å². The normalized spacial score (nSPS) is 11.2. The summed E-state index contributed by atoms with van der Waals surface area (Å²) in [5, 5.41) is 10.9. The molecule has 2 aromatic rings. The molecule has 0 amide bonds. The summed E-state index contributed by atoms with van der Waals surface area (Å²) in [5.41, 5.74) is 2.15. The van der Waals surface area contributed by atoms with Crippen LogP contribution in [0.5, 0.6) is 0 Å². The van der Waals surface area contributed by atoms with E-state index in [-0.39, 0.29) is 12.5 Å². The number of thiophene rings is 1. The van der Waals surface area contributed by atoms with Crippen LogP contribution in [0.25, 0.3) is 10.2 Å². The summed E-state index contributed by atoms with van der Waals surface area (Å²) < 4.78 is 1.08. The number of hydrogen-bond acceptors (Lipinski definition) is 5. The van der Waals surface area contributed by atoms with Crippen molar-refractivity contribution in [2.75, 3.05) is 11.4 Å². The van der Waals surface area contributed by atoms with Crippen LogP contribution < -0.4 is 4.90 Å². The monoisotopic (exact) mass is 293 g/mol. The summed E-state index contributed by atoms with van der Waals surface area (Å²) in [6, 6.07) is 0.268. The van der Waals surface area contributed by atoms with Gasteiger partial charge in [0.1, 0.15) is 12.1 Å². The fourth-order valence-corrected chi connectivity index (χ4v) is 3.18. The van der Waals surface area contributed by atoms with Crippen molar-refractivity contribution in [2.24, 2.45) is 0 Å². The Labute approximate surface area is 122 Å². The second-order valence-electron chi connectivity index (χ2n) is 5.08. The number of fused-ring (bicyclic) bond motifs is 1. The lowest BCUT2D eigenvalue weighted by molar-refractivity contribution is -0.137. The summed E-state index contributed by atoms with van der Waals surface area (Å²) >= 11 is 1.64. The number of carbonyl (C=O) groups is 1. The first kappa shape index (κ1) is 14.7. The van der Waals surface area contributed by atoms with Gasteiger partial charge in [-0.25, -0.2) is 9.97 Å². The molecular formula is C14H19N3O2S. The van der Waals surface area contributed by atoms with Crippen molar-refractivity contribution in [3.05, 3.63) is 17.3 Å². The number of hydrogen-bond donors (Lipinski definition) is 1. The molecule has 5 nitrogen and oxygen atoms in total. The SMILES string of the molecule is Cc1csc2c(N(CCCC(=O)O)C(C)C)ncnc12. The Kier molecular flexibility index (Phi) is 4.54. The minimum absolute atomic E-state index is 0.181. The molecule has 0 saturated heterocycles. The zero-order valence-electron chi connectivity index (χ0n) is 12.0. The number of carboxylic acid groups (broad SMARTS) is 1. The molecule has 0 saturated carbocycles. The Morgan fingerprint density at radius 1 is 1.45 bits per heavy atom. The van der Waals surface area contributed by atoms with Crippen molar-refractivity contribution < 1.29 is 9.90 Å². The topological polar surface area (TPSA) is 66.3 Å². The largest absolute Gasteiger partial charge is 0.481 e. The molecule has 6 heteroatoms. The minimum atomic E-state index is -0.756. The van der Waals surface area contributed by atoms with Crippen LogP contribution in [0.1, 0.15) is 32.3 Å². The van der Waals surface area contributed by atoms with Crippen molar-refractivity contribution >= 4 is 33.3 Å². The molecule has 0 spiro atoms. The van der Waals surface area contributed by atoms with Gasteiger partial charge in [-0.15, -0.1) is 11.3 Å². The molecule has 0 aliphatic carbocycles. The van der Waals surface area contributed by atoms with E-state index in [2.05, 4.69) is 34.1 Å². The van der Waals surface area contributed by atoms with E-state index in [1.165, 1.54) is 0 Å². The van der Waals surface area contributed by atoms with E-state index in [9.17, 15) is 4.79 Å². The first-order valence-electron chi connectivity index (χ1n) is 6.68. The molecule has 0 aliphatic rings. The zero-order chi connectivity index (χ0) is 14.7. The summed E-state index contributed by atoms with van der Waals surface area (Å²) in [6.45, 7) is 6.91. The Hall–Kier alpha value is -1.69. The molecule has 2 aromatic heterocycles. The van der Waals surface area contributed by atoms with Gasteiger partial charge in [0.25, 0.3) is 0 Å². The highest BCUT2D eigenvalue weighted by Crippen LogP contribution is 2.31. The van der Waals surface area contributed by atoms with Crippen molar-refractivity contribution in [1.29, 1.82) is 0 Å². The Balaban J connectivity index is 2.29. The highest BCUT2D eigenvalue weighted by molar-refractivity contribution is 7.18. The quantitative estimate of drug-likeness (QED) is 0.886. The lowest BCUT2D eigenvalue weighted by Gasteiger charge is -2.28. The van der Waals surface area contributed by atoms with Crippen molar-refractivity contribution in [1.82, 2.24) is 9.97 Å². The number of aryl methyl sites for hydroxylation is 1. The third-order valence-corrected chi connectivity index (χ3v) is 4.28. The average Bonchev–Trinajstić information content (AvgIpc) is 2.76. The van der Waals surface area contributed by atoms with Gasteiger partial charge in [-0.2, -0.15) is 0 Å². The van der Waals surface area contributed by atoms with Gasteiger partial charge in [0.15, 0.2) is 0 Å². The van der Waals surface area contributed by atoms with Crippen LogP contribution >= 0.6 is 11.3 Å². The van der Waals surface area contributed by atoms with E-state index in [1.807, 2.05) is 6.92 Å².